The van der Waals surface area contributed by atoms with E-state index in [1.54, 1.807) is 0 Å². The highest BCUT2D eigenvalue weighted by molar-refractivity contribution is 7.99. The largest absolute Gasteiger partial charge is 0.545 e. The lowest BCUT2D eigenvalue weighted by atomic mass is 10.1. The highest BCUT2D eigenvalue weighted by atomic mass is 32.2. The molecule has 0 atom stereocenters. The van der Waals surface area contributed by atoms with Gasteiger partial charge in [-0.1, -0.05) is 29.8 Å². The summed E-state index contributed by atoms with van der Waals surface area (Å²) in [7, 11) is 2.83. The molecule has 0 unspecified atom stereocenters. The fourth-order valence-electron chi connectivity index (χ4n) is 2.40. The number of hydrogen-bond acceptors (Lipinski definition) is 6. The highest BCUT2D eigenvalue weighted by Crippen LogP contribution is 2.33. The number of rotatable bonds is 8. The normalized spacial score (nSPS) is 10.3. The van der Waals surface area contributed by atoms with E-state index in [1.807, 2.05) is 25.1 Å². The quantitative estimate of drug-likeness (QED) is 0.762. The van der Waals surface area contributed by atoms with Crippen molar-refractivity contribution in [3.05, 3.63) is 53.1 Å². The maximum atomic E-state index is 12.2. The van der Waals surface area contributed by atoms with E-state index in [2.05, 4.69) is 11.4 Å². The molecule has 6 nitrogen and oxygen atoms in total. The third kappa shape index (κ3) is 5.16. The molecule has 0 fully saturated rings. The summed E-state index contributed by atoms with van der Waals surface area (Å²) in [5, 5.41) is 13.9. The summed E-state index contributed by atoms with van der Waals surface area (Å²) in [5.74, 6) is -0.270. The average molecular weight is 374 g/mol. The Bertz CT molecular complexity index is 807. The second-order valence-electron chi connectivity index (χ2n) is 5.57. The Morgan fingerprint density at radius 3 is 2.42 bits per heavy atom. The fraction of sp³-hybridized carbons (Fsp3) is 0.263. The van der Waals surface area contributed by atoms with Crippen molar-refractivity contribution in [3.8, 4) is 11.5 Å². The molecular weight excluding hydrogens is 354 g/mol. The zero-order valence-electron chi connectivity index (χ0n) is 14.8. The van der Waals surface area contributed by atoms with Gasteiger partial charge in [0.15, 0.2) is 11.5 Å². The van der Waals surface area contributed by atoms with Crippen molar-refractivity contribution in [1.82, 2.24) is 0 Å². The zero-order valence-corrected chi connectivity index (χ0v) is 15.6. The Hall–Kier alpha value is -2.67. The van der Waals surface area contributed by atoms with E-state index < -0.39 is 5.97 Å². The van der Waals surface area contributed by atoms with Crippen molar-refractivity contribution >= 4 is 29.3 Å². The van der Waals surface area contributed by atoms with Gasteiger partial charge >= 0.3 is 0 Å². The third-order valence-electron chi connectivity index (χ3n) is 3.60. The Labute approximate surface area is 156 Å². The molecule has 138 valence electrons. The molecule has 0 aliphatic carbocycles. The lowest BCUT2D eigenvalue weighted by Crippen LogP contribution is -2.25. The van der Waals surface area contributed by atoms with Crippen LogP contribution in [0.3, 0.4) is 0 Å². The topological polar surface area (TPSA) is 87.7 Å². The van der Waals surface area contributed by atoms with Crippen LogP contribution >= 0.6 is 11.8 Å². The number of hydrogen-bond donors (Lipinski definition) is 1. The smallest absolute Gasteiger partial charge is 0.234 e. The molecule has 1 amide bonds. The van der Waals surface area contributed by atoms with Crippen LogP contribution in [0, 0.1) is 6.92 Å². The maximum absolute atomic E-state index is 12.2. The molecule has 0 saturated heterocycles. The lowest BCUT2D eigenvalue weighted by Gasteiger charge is -2.16. The molecule has 7 heteroatoms. The summed E-state index contributed by atoms with van der Waals surface area (Å²) in [6, 6.07) is 10.7. The number of benzene rings is 2. The first kappa shape index (κ1) is 19.7. The van der Waals surface area contributed by atoms with E-state index in [-0.39, 0.29) is 28.7 Å². The van der Waals surface area contributed by atoms with Gasteiger partial charge in [0.25, 0.3) is 0 Å². The van der Waals surface area contributed by atoms with Crippen molar-refractivity contribution in [2.24, 2.45) is 0 Å². The van der Waals surface area contributed by atoms with Crippen LogP contribution in [0.25, 0.3) is 0 Å². The Kier molecular flexibility index (Phi) is 6.91. The van der Waals surface area contributed by atoms with E-state index >= 15 is 0 Å². The number of amides is 1. The van der Waals surface area contributed by atoms with Gasteiger partial charge in [-0.25, -0.2) is 0 Å². The Morgan fingerprint density at radius 2 is 1.81 bits per heavy atom. The molecule has 0 aromatic heterocycles. The lowest BCUT2D eigenvalue weighted by molar-refractivity contribution is -0.254. The van der Waals surface area contributed by atoms with Crippen LogP contribution in [0.4, 0.5) is 5.69 Å². The first-order valence-corrected chi connectivity index (χ1v) is 9.00. The van der Waals surface area contributed by atoms with Crippen LogP contribution in [0.1, 0.15) is 21.5 Å². The SMILES string of the molecule is COc1cc(NC(=O)CSCc2cccc(C)c2)c(C(=O)[O-])cc1OC. The third-order valence-corrected chi connectivity index (χ3v) is 4.61. The molecular formula is C19H20NO5S-. The van der Waals surface area contributed by atoms with Gasteiger partial charge in [0.1, 0.15) is 0 Å². The van der Waals surface area contributed by atoms with Crippen LogP contribution < -0.4 is 19.9 Å². The summed E-state index contributed by atoms with van der Waals surface area (Å²) in [6.07, 6.45) is 0. The summed E-state index contributed by atoms with van der Waals surface area (Å²) >= 11 is 1.44. The number of carboxylic acid groups (broad SMARTS) is 1. The van der Waals surface area contributed by atoms with Gasteiger partial charge in [-0.3, -0.25) is 4.79 Å². The highest BCUT2D eigenvalue weighted by Gasteiger charge is 2.14. The second kappa shape index (κ2) is 9.15. The van der Waals surface area contributed by atoms with E-state index in [4.69, 9.17) is 9.47 Å². The molecule has 0 bridgehead atoms. The van der Waals surface area contributed by atoms with Gasteiger partial charge in [0.2, 0.25) is 5.91 Å². The van der Waals surface area contributed by atoms with Crippen molar-refractivity contribution in [3.63, 3.8) is 0 Å². The predicted octanol–water partition coefficient (Wildman–Crippen LogP) is 2.25. The van der Waals surface area contributed by atoms with Crippen LogP contribution in [0.15, 0.2) is 36.4 Å². The number of aryl methyl sites for hydroxylation is 1. The van der Waals surface area contributed by atoms with Crippen LogP contribution in [-0.4, -0.2) is 31.8 Å². The number of thioether (sulfide) groups is 1. The van der Waals surface area contributed by atoms with Crippen molar-refractivity contribution in [2.45, 2.75) is 12.7 Å². The summed E-state index contributed by atoms with van der Waals surface area (Å²) in [5.41, 5.74) is 2.24. The molecule has 0 aliphatic heterocycles. The molecule has 0 aliphatic rings. The number of carboxylic acids is 1. The number of nitrogens with one attached hydrogen (secondary N) is 1. The van der Waals surface area contributed by atoms with Crippen LogP contribution in [0.5, 0.6) is 11.5 Å². The first-order valence-electron chi connectivity index (χ1n) is 7.85. The van der Waals surface area contributed by atoms with E-state index in [1.165, 1.54) is 38.1 Å². The number of aromatic carboxylic acids is 1. The van der Waals surface area contributed by atoms with E-state index in [0.29, 0.717) is 11.5 Å². The summed E-state index contributed by atoms with van der Waals surface area (Å²) < 4.78 is 10.2. The molecule has 1 N–H and O–H groups in total. The molecule has 0 heterocycles. The van der Waals surface area contributed by atoms with Crippen LogP contribution in [0.2, 0.25) is 0 Å². The molecule has 2 aromatic carbocycles. The zero-order chi connectivity index (χ0) is 19.1. The van der Waals surface area contributed by atoms with E-state index in [0.717, 1.165) is 11.1 Å². The molecule has 2 aromatic rings. The Balaban J connectivity index is 2.04. The molecule has 26 heavy (non-hydrogen) atoms. The van der Waals surface area contributed by atoms with Gasteiger partial charge in [-0.2, -0.15) is 0 Å². The van der Waals surface area contributed by atoms with Gasteiger partial charge in [0.05, 0.1) is 31.6 Å². The predicted molar refractivity (Wildman–Crippen MR) is 99.8 cm³/mol. The minimum absolute atomic E-state index is 0.115. The Morgan fingerprint density at radius 1 is 1.12 bits per heavy atom. The molecule has 0 saturated carbocycles. The fourth-order valence-corrected chi connectivity index (χ4v) is 3.18. The second-order valence-corrected chi connectivity index (χ2v) is 6.56. The number of ether oxygens (including phenoxy) is 2. The van der Waals surface area contributed by atoms with Gasteiger partial charge < -0.3 is 24.7 Å². The minimum atomic E-state index is -1.41. The maximum Gasteiger partial charge on any atom is 0.234 e. The molecule has 2 rings (SSSR count). The number of carbonyl (C=O) groups is 2. The molecule has 0 radical (unpaired) electrons. The van der Waals surface area contributed by atoms with Crippen molar-refractivity contribution in [2.75, 3.05) is 25.3 Å². The first-order chi connectivity index (χ1) is 12.4. The minimum Gasteiger partial charge on any atom is -0.545 e. The van der Waals surface area contributed by atoms with Gasteiger partial charge in [-0.05, 0) is 18.6 Å². The van der Waals surface area contributed by atoms with Gasteiger partial charge in [-0.15, -0.1) is 11.8 Å². The summed E-state index contributed by atoms with van der Waals surface area (Å²) in [6.45, 7) is 2.01. The summed E-state index contributed by atoms with van der Waals surface area (Å²) in [4.78, 5) is 23.5. The number of carbonyl (C=O) groups excluding carboxylic acids is 2. The van der Waals surface area contributed by atoms with Gasteiger partial charge in [0, 0.05) is 17.4 Å². The standard InChI is InChI=1S/C19H21NO5S/c1-12-5-4-6-13(7-12)10-26-11-18(21)20-15-9-17(25-3)16(24-2)8-14(15)19(22)23/h4-9H,10-11H2,1-3H3,(H,20,21)(H,22,23)/p-1. The van der Waals surface area contributed by atoms with Crippen LogP contribution in [-0.2, 0) is 10.5 Å². The number of methoxy groups -OCH3 is 2. The van der Waals surface area contributed by atoms with Crippen molar-refractivity contribution in [1.29, 1.82) is 0 Å². The van der Waals surface area contributed by atoms with E-state index in [9.17, 15) is 14.7 Å². The monoisotopic (exact) mass is 374 g/mol. The average Bonchev–Trinajstić information content (AvgIpc) is 2.61. The van der Waals surface area contributed by atoms with Crippen molar-refractivity contribution < 1.29 is 24.2 Å². The molecule has 0 spiro atoms. The number of anilines is 1.